The Morgan fingerprint density at radius 1 is 1.55 bits per heavy atom. The van der Waals surface area contributed by atoms with Crippen molar-refractivity contribution >= 4 is 17.7 Å². The van der Waals surface area contributed by atoms with E-state index in [1.807, 2.05) is 0 Å². The number of H-pyrrole nitrogens is 1. The largest absolute Gasteiger partial charge is 0.477 e. The molecule has 0 aromatic carbocycles. The number of anilines is 1. The van der Waals surface area contributed by atoms with E-state index < -0.39 is 11.5 Å². The summed E-state index contributed by atoms with van der Waals surface area (Å²) in [6.07, 6.45) is 3.29. The average Bonchev–Trinajstić information content (AvgIpc) is 2.83. The lowest BCUT2D eigenvalue weighted by molar-refractivity contribution is 0.0694. The van der Waals surface area contributed by atoms with E-state index in [-0.39, 0.29) is 11.3 Å². The third-order valence-electron chi connectivity index (χ3n) is 3.55. The Hall–Kier alpha value is -2.38. The number of rotatable bonds is 2. The van der Waals surface area contributed by atoms with Gasteiger partial charge in [-0.3, -0.25) is 9.89 Å². The van der Waals surface area contributed by atoms with Crippen molar-refractivity contribution < 1.29 is 9.90 Å². The van der Waals surface area contributed by atoms with E-state index in [1.165, 1.54) is 6.42 Å². The first-order chi connectivity index (χ1) is 9.56. The number of fused-ring (bicyclic) bond motifs is 1. The highest BCUT2D eigenvalue weighted by atomic mass is 16.4. The average molecular weight is 277 g/mol. The highest BCUT2D eigenvalue weighted by molar-refractivity contribution is 5.86. The van der Waals surface area contributed by atoms with Crippen molar-refractivity contribution in [2.75, 3.05) is 18.0 Å². The van der Waals surface area contributed by atoms with Gasteiger partial charge >= 0.3 is 5.97 Å². The molecular formula is C12H15N5O3. The van der Waals surface area contributed by atoms with Crippen molar-refractivity contribution in [3.8, 4) is 0 Å². The number of aromatic carboxylic acids is 1. The number of aromatic nitrogens is 4. The summed E-state index contributed by atoms with van der Waals surface area (Å²) in [4.78, 5) is 33.1. The Bertz CT molecular complexity index is 719. The molecule has 1 atom stereocenters. The highest BCUT2D eigenvalue weighted by Gasteiger charge is 2.21. The number of aromatic amines is 1. The molecule has 0 amide bonds. The number of carboxylic acids is 1. The van der Waals surface area contributed by atoms with Gasteiger partial charge in [-0.2, -0.15) is 9.50 Å². The zero-order valence-corrected chi connectivity index (χ0v) is 11.0. The minimum absolute atomic E-state index is 0.188. The lowest BCUT2D eigenvalue weighted by atomic mass is 10.0. The second-order valence-corrected chi connectivity index (χ2v) is 5.16. The second-order valence-electron chi connectivity index (χ2n) is 5.16. The number of hydrogen-bond acceptors (Lipinski definition) is 5. The normalized spacial score (nSPS) is 19.4. The van der Waals surface area contributed by atoms with Gasteiger partial charge in [-0.15, -0.1) is 0 Å². The zero-order valence-electron chi connectivity index (χ0n) is 11.0. The van der Waals surface area contributed by atoms with Gasteiger partial charge in [-0.1, -0.05) is 6.92 Å². The summed E-state index contributed by atoms with van der Waals surface area (Å²) in [6.45, 7) is 3.90. The minimum atomic E-state index is -1.29. The van der Waals surface area contributed by atoms with Crippen LogP contribution in [0, 0.1) is 5.92 Å². The topological polar surface area (TPSA) is 104 Å². The van der Waals surface area contributed by atoms with Crippen LogP contribution < -0.4 is 10.5 Å². The molecule has 1 fully saturated rings. The molecule has 0 aliphatic carbocycles. The summed E-state index contributed by atoms with van der Waals surface area (Å²) in [7, 11) is 0. The fourth-order valence-electron chi connectivity index (χ4n) is 2.52. The number of carboxylic acid groups (broad SMARTS) is 1. The summed E-state index contributed by atoms with van der Waals surface area (Å²) < 4.78 is 1.08. The van der Waals surface area contributed by atoms with Gasteiger partial charge in [0, 0.05) is 13.1 Å². The van der Waals surface area contributed by atoms with E-state index >= 15 is 0 Å². The third-order valence-corrected chi connectivity index (χ3v) is 3.55. The fourth-order valence-corrected chi connectivity index (χ4v) is 2.52. The maximum absolute atomic E-state index is 12.0. The van der Waals surface area contributed by atoms with Crippen molar-refractivity contribution in [1.29, 1.82) is 0 Å². The molecule has 3 rings (SSSR count). The smallest absolute Gasteiger partial charge is 0.343 e. The Morgan fingerprint density at radius 3 is 3.05 bits per heavy atom. The van der Waals surface area contributed by atoms with Crippen LogP contribution in [-0.2, 0) is 0 Å². The summed E-state index contributed by atoms with van der Waals surface area (Å²) in [5.41, 5.74) is -1.02. The molecule has 1 unspecified atom stereocenters. The molecule has 3 heterocycles. The van der Waals surface area contributed by atoms with Crippen LogP contribution in [0.2, 0.25) is 0 Å². The fraction of sp³-hybridized carbons (Fsp3) is 0.500. The molecule has 2 N–H and O–H groups in total. The number of carbonyl (C=O) groups is 1. The maximum atomic E-state index is 12.0. The van der Waals surface area contributed by atoms with E-state index in [4.69, 9.17) is 5.11 Å². The van der Waals surface area contributed by atoms with E-state index in [1.54, 1.807) is 0 Å². The van der Waals surface area contributed by atoms with Crippen LogP contribution in [0.5, 0.6) is 0 Å². The molecule has 106 valence electrons. The van der Waals surface area contributed by atoms with E-state index in [0.717, 1.165) is 30.2 Å². The molecule has 2 aromatic rings. The molecule has 0 bridgehead atoms. The molecule has 20 heavy (non-hydrogen) atoms. The summed E-state index contributed by atoms with van der Waals surface area (Å²) in [5, 5.41) is 11.8. The quantitative estimate of drug-likeness (QED) is 0.821. The van der Waals surface area contributed by atoms with Crippen LogP contribution in [0.25, 0.3) is 5.78 Å². The summed E-state index contributed by atoms with van der Waals surface area (Å²) >= 11 is 0. The minimum Gasteiger partial charge on any atom is -0.477 e. The van der Waals surface area contributed by atoms with Crippen LogP contribution in [0.3, 0.4) is 0 Å². The first-order valence-electron chi connectivity index (χ1n) is 6.52. The highest BCUT2D eigenvalue weighted by Crippen LogP contribution is 2.19. The van der Waals surface area contributed by atoms with E-state index in [0.29, 0.717) is 11.9 Å². The van der Waals surface area contributed by atoms with E-state index in [2.05, 4.69) is 26.9 Å². The monoisotopic (exact) mass is 277 g/mol. The molecule has 0 radical (unpaired) electrons. The van der Waals surface area contributed by atoms with Crippen LogP contribution in [0.15, 0.2) is 11.0 Å². The van der Waals surface area contributed by atoms with Gasteiger partial charge in [0.05, 0.1) is 6.20 Å². The standard InChI is InChI=1S/C12H15N5O3/c1-7-3-2-4-16(6-7)12-14-11-13-5-8(10(19)20)9(18)17(11)15-12/h5,7H,2-4,6H2,1H3,(H,19,20)(H,13,14,15). The zero-order chi connectivity index (χ0) is 14.3. The Morgan fingerprint density at radius 2 is 2.35 bits per heavy atom. The lowest BCUT2D eigenvalue weighted by Gasteiger charge is -2.30. The molecule has 1 saturated heterocycles. The van der Waals surface area contributed by atoms with Gasteiger partial charge in [0.15, 0.2) is 0 Å². The van der Waals surface area contributed by atoms with Crippen LogP contribution in [0.4, 0.5) is 5.95 Å². The van der Waals surface area contributed by atoms with Gasteiger partial charge in [0.1, 0.15) is 5.56 Å². The first-order valence-corrected chi connectivity index (χ1v) is 6.52. The molecule has 1 aliphatic heterocycles. The van der Waals surface area contributed by atoms with Crippen molar-refractivity contribution in [3.05, 3.63) is 22.1 Å². The first kappa shape index (κ1) is 12.6. The van der Waals surface area contributed by atoms with Crippen LogP contribution in [0.1, 0.15) is 30.1 Å². The Kier molecular flexibility index (Phi) is 2.92. The van der Waals surface area contributed by atoms with Crippen LogP contribution >= 0.6 is 0 Å². The van der Waals surface area contributed by atoms with Crippen molar-refractivity contribution in [2.24, 2.45) is 5.92 Å². The van der Waals surface area contributed by atoms with E-state index in [9.17, 15) is 9.59 Å². The molecule has 8 nitrogen and oxygen atoms in total. The predicted molar refractivity (Wildman–Crippen MR) is 71.2 cm³/mol. The summed E-state index contributed by atoms with van der Waals surface area (Å²) in [6, 6.07) is 0. The number of piperidine rings is 1. The van der Waals surface area contributed by atoms with Crippen molar-refractivity contribution in [1.82, 2.24) is 19.6 Å². The van der Waals surface area contributed by atoms with Gasteiger partial charge in [0.25, 0.3) is 11.3 Å². The maximum Gasteiger partial charge on any atom is 0.343 e. The Balaban J connectivity index is 2.04. The number of nitrogens with one attached hydrogen (secondary N) is 1. The lowest BCUT2D eigenvalue weighted by Crippen LogP contribution is -2.35. The molecular weight excluding hydrogens is 262 g/mol. The Labute approximate surface area is 114 Å². The number of nitrogens with zero attached hydrogens (tertiary/aromatic N) is 4. The van der Waals surface area contributed by atoms with Gasteiger partial charge in [0.2, 0.25) is 5.95 Å². The second kappa shape index (κ2) is 4.62. The molecule has 1 aliphatic rings. The SMILES string of the molecule is CC1CCCN(c2nc3ncc(C(=O)O)c(=O)n3[nH]2)C1. The van der Waals surface area contributed by atoms with Crippen molar-refractivity contribution in [2.45, 2.75) is 19.8 Å². The van der Waals surface area contributed by atoms with Crippen LogP contribution in [-0.4, -0.2) is 43.7 Å². The molecule has 8 heteroatoms. The van der Waals surface area contributed by atoms with Gasteiger partial charge in [-0.25, -0.2) is 9.78 Å². The van der Waals surface area contributed by atoms with Gasteiger partial charge in [-0.05, 0) is 18.8 Å². The van der Waals surface area contributed by atoms with Crippen molar-refractivity contribution in [3.63, 3.8) is 0 Å². The molecule has 0 saturated carbocycles. The van der Waals surface area contributed by atoms with Gasteiger partial charge < -0.3 is 10.0 Å². The molecule has 2 aromatic heterocycles. The summed E-state index contributed by atoms with van der Waals surface area (Å²) in [5.74, 6) is 0.0211. The predicted octanol–water partition coefficient (Wildman–Crippen LogP) is 0.352. The number of hydrogen-bond donors (Lipinski definition) is 2. The molecule has 0 spiro atoms. The third kappa shape index (κ3) is 2.02.